The van der Waals surface area contributed by atoms with E-state index in [-0.39, 0.29) is 11.7 Å². The monoisotopic (exact) mass is 307 g/mol. The fraction of sp³-hybridized carbons (Fsp3) is 0.357. The standard InChI is InChI=1S/C14H17N3O3S/c1-8(14-9(2)21-10(3)16-14)15-12-6-5-11(17(18)19)7-13(12)20-4/h5-8,15H,1-4H3. The van der Waals surface area contributed by atoms with Crippen LogP contribution in [0.5, 0.6) is 5.75 Å². The summed E-state index contributed by atoms with van der Waals surface area (Å²) >= 11 is 1.65. The molecule has 1 unspecified atom stereocenters. The van der Waals surface area contributed by atoms with Gasteiger partial charge in [0.15, 0.2) is 0 Å². The minimum atomic E-state index is -0.441. The zero-order valence-corrected chi connectivity index (χ0v) is 13.2. The summed E-state index contributed by atoms with van der Waals surface area (Å²) in [5, 5.41) is 15.1. The molecule has 0 saturated carbocycles. The molecule has 6 nitrogen and oxygen atoms in total. The lowest BCUT2D eigenvalue weighted by Crippen LogP contribution is -2.09. The summed E-state index contributed by atoms with van der Waals surface area (Å²) in [4.78, 5) is 16.0. The van der Waals surface area contributed by atoms with Gasteiger partial charge in [-0.15, -0.1) is 11.3 Å². The van der Waals surface area contributed by atoms with Crippen LogP contribution in [0, 0.1) is 24.0 Å². The number of anilines is 1. The number of nitro benzene ring substituents is 1. The number of thiazole rings is 1. The summed E-state index contributed by atoms with van der Waals surface area (Å²) in [6.07, 6.45) is 0. The highest BCUT2D eigenvalue weighted by atomic mass is 32.1. The highest BCUT2D eigenvalue weighted by Crippen LogP contribution is 2.32. The third kappa shape index (κ3) is 3.30. The van der Waals surface area contributed by atoms with Crippen molar-refractivity contribution < 1.29 is 9.66 Å². The predicted molar refractivity (Wildman–Crippen MR) is 83.3 cm³/mol. The molecule has 112 valence electrons. The van der Waals surface area contributed by atoms with E-state index in [9.17, 15) is 10.1 Å². The summed E-state index contributed by atoms with van der Waals surface area (Å²) in [6, 6.07) is 4.51. The van der Waals surface area contributed by atoms with Gasteiger partial charge in [0.05, 0.1) is 40.5 Å². The first kappa shape index (κ1) is 15.2. The number of nitrogens with zero attached hydrogens (tertiary/aromatic N) is 2. The summed E-state index contributed by atoms with van der Waals surface area (Å²) in [5.74, 6) is 0.445. The molecule has 0 saturated heterocycles. The number of non-ortho nitro benzene ring substituents is 1. The van der Waals surface area contributed by atoms with Crippen molar-refractivity contribution in [3.63, 3.8) is 0 Å². The molecule has 1 heterocycles. The van der Waals surface area contributed by atoms with Crippen molar-refractivity contribution in [1.29, 1.82) is 0 Å². The predicted octanol–water partition coefficient (Wildman–Crippen LogP) is 3.85. The van der Waals surface area contributed by atoms with Crippen molar-refractivity contribution in [3.05, 3.63) is 43.9 Å². The van der Waals surface area contributed by atoms with E-state index in [4.69, 9.17) is 4.74 Å². The van der Waals surface area contributed by atoms with Crippen molar-refractivity contribution in [3.8, 4) is 5.75 Å². The molecule has 1 aromatic heterocycles. The fourth-order valence-electron chi connectivity index (χ4n) is 2.16. The summed E-state index contributed by atoms with van der Waals surface area (Å²) in [6.45, 7) is 6.01. The molecule has 0 radical (unpaired) electrons. The molecule has 21 heavy (non-hydrogen) atoms. The van der Waals surface area contributed by atoms with E-state index in [1.807, 2.05) is 20.8 Å². The molecule has 1 N–H and O–H groups in total. The van der Waals surface area contributed by atoms with Crippen LogP contribution in [0.1, 0.15) is 28.5 Å². The second kappa shape index (κ2) is 6.09. The third-order valence-electron chi connectivity index (χ3n) is 3.12. The Balaban J connectivity index is 2.26. The molecule has 0 spiro atoms. The minimum Gasteiger partial charge on any atom is -0.494 e. The van der Waals surface area contributed by atoms with E-state index in [0.717, 1.165) is 15.6 Å². The van der Waals surface area contributed by atoms with Gasteiger partial charge in [-0.3, -0.25) is 10.1 Å². The second-order valence-electron chi connectivity index (χ2n) is 4.68. The number of ether oxygens (including phenoxy) is 1. The molecule has 7 heteroatoms. The Kier molecular flexibility index (Phi) is 4.42. The zero-order chi connectivity index (χ0) is 15.6. The van der Waals surface area contributed by atoms with Gasteiger partial charge in [0, 0.05) is 10.9 Å². The number of benzene rings is 1. The normalized spacial score (nSPS) is 12.0. The van der Waals surface area contributed by atoms with E-state index < -0.39 is 4.92 Å². The van der Waals surface area contributed by atoms with Crippen LogP contribution in [-0.4, -0.2) is 17.0 Å². The first-order valence-electron chi connectivity index (χ1n) is 6.45. The van der Waals surface area contributed by atoms with Crippen molar-refractivity contribution in [2.45, 2.75) is 26.8 Å². The Morgan fingerprint density at radius 3 is 2.67 bits per heavy atom. The van der Waals surface area contributed by atoms with E-state index in [2.05, 4.69) is 10.3 Å². The topological polar surface area (TPSA) is 77.3 Å². The van der Waals surface area contributed by atoms with Crippen LogP contribution >= 0.6 is 11.3 Å². The molecular weight excluding hydrogens is 290 g/mol. The number of hydrogen-bond donors (Lipinski definition) is 1. The van der Waals surface area contributed by atoms with Gasteiger partial charge in [0.25, 0.3) is 5.69 Å². The molecule has 0 fully saturated rings. The third-order valence-corrected chi connectivity index (χ3v) is 4.02. The van der Waals surface area contributed by atoms with Crippen molar-refractivity contribution in [2.75, 3.05) is 12.4 Å². The lowest BCUT2D eigenvalue weighted by Gasteiger charge is -2.16. The average Bonchev–Trinajstić information content (AvgIpc) is 2.78. The number of nitro groups is 1. The van der Waals surface area contributed by atoms with Crippen LogP contribution in [0.3, 0.4) is 0 Å². The Bertz CT molecular complexity index is 669. The van der Waals surface area contributed by atoms with Crippen molar-refractivity contribution in [1.82, 2.24) is 4.98 Å². The summed E-state index contributed by atoms with van der Waals surface area (Å²) < 4.78 is 5.22. The molecule has 0 aliphatic rings. The molecule has 2 aromatic rings. The number of hydrogen-bond acceptors (Lipinski definition) is 6. The Labute approximate surface area is 126 Å². The van der Waals surface area contributed by atoms with Gasteiger partial charge in [0.2, 0.25) is 0 Å². The minimum absolute atomic E-state index is 0.00531. The van der Waals surface area contributed by atoms with Gasteiger partial charge in [0.1, 0.15) is 5.75 Å². The number of rotatable bonds is 5. The van der Waals surface area contributed by atoms with Gasteiger partial charge < -0.3 is 10.1 Å². The average molecular weight is 307 g/mol. The maximum Gasteiger partial charge on any atom is 0.273 e. The molecule has 0 aliphatic heterocycles. The first-order chi connectivity index (χ1) is 9.92. The van der Waals surface area contributed by atoms with Crippen LogP contribution in [0.2, 0.25) is 0 Å². The number of methoxy groups -OCH3 is 1. The highest BCUT2D eigenvalue weighted by molar-refractivity contribution is 7.11. The van der Waals surface area contributed by atoms with E-state index in [0.29, 0.717) is 11.4 Å². The maximum atomic E-state index is 10.8. The van der Waals surface area contributed by atoms with E-state index in [1.54, 1.807) is 17.4 Å². The first-order valence-corrected chi connectivity index (χ1v) is 7.27. The van der Waals surface area contributed by atoms with Gasteiger partial charge in [-0.2, -0.15) is 0 Å². The Hall–Kier alpha value is -2.15. The number of aromatic nitrogens is 1. The van der Waals surface area contributed by atoms with Crippen LogP contribution in [0.25, 0.3) is 0 Å². The van der Waals surface area contributed by atoms with Crippen LogP contribution in [0.4, 0.5) is 11.4 Å². The van der Waals surface area contributed by atoms with Crippen molar-refractivity contribution in [2.24, 2.45) is 0 Å². The van der Waals surface area contributed by atoms with Gasteiger partial charge in [-0.25, -0.2) is 4.98 Å². The summed E-state index contributed by atoms with van der Waals surface area (Å²) in [5.41, 5.74) is 1.70. The molecule has 1 aromatic carbocycles. The highest BCUT2D eigenvalue weighted by Gasteiger charge is 2.16. The Morgan fingerprint density at radius 1 is 1.43 bits per heavy atom. The van der Waals surface area contributed by atoms with Gasteiger partial charge in [-0.05, 0) is 26.8 Å². The number of nitrogens with one attached hydrogen (secondary N) is 1. The molecule has 1 atom stereocenters. The quantitative estimate of drug-likeness (QED) is 0.670. The summed E-state index contributed by atoms with van der Waals surface area (Å²) in [7, 11) is 1.49. The fourth-order valence-corrected chi connectivity index (χ4v) is 3.08. The van der Waals surface area contributed by atoms with Gasteiger partial charge >= 0.3 is 0 Å². The zero-order valence-electron chi connectivity index (χ0n) is 12.3. The Morgan fingerprint density at radius 2 is 2.14 bits per heavy atom. The van der Waals surface area contributed by atoms with Crippen molar-refractivity contribution >= 4 is 22.7 Å². The van der Waals surface area contributed by atoms with Crippen LogP contribution in [0.15, 0.2) is 18.2 Å². The molecule has 0 aliphatic carbocycles. The van der Waals surface area contributed by atoms with Gasteiger partial charge in [-0.1, -0.05) is 0 Å². The second-order valence-corrected chi connectivity index (χ2v) is 6.09. The molecule has 2 rings (SSSR count). The van der Waals surface area contributed by atoms with E-state index >= 15 is 0 Å². The smallest absolute Gasteiger partial charge is 0.273 e. The molecular formula is C14H17N3O3S. The lowest BCUT2D eigenvalue weighted by atomic mass is 10.2. The molecule has 0 amide bonds. The lowest BCUT2D eigenvalue weighted by molar-refractivity contribution is -0.384. The van der Waals surface area contributed by atoms with E-state index in [1.165, 1.54) is 19.2 Å². The van der Waals surface area contributed by atoms with Crippen LogP contribution < -0.4 is 10.1 Å². The maximum absolute atomic E-state index is 10.8. The largest absolute Gasteiger partial charge is 0.494 e. The SMILES string of the molecule is COc1cc([N+](=O)[O-])ccc1NC(C)c1nc(C)sc1C. The number of aryl methyl sites for hydroxylation is 2. The van der Waals surface area contributed by atoms with Crippen LogP contribution in [-0.2, 0) is 0 Å². The molecule has 0 bridgehead atoms.